The van der Waals surface area contributed by atoms with Gasteiger partial charge in [0.2, 0.25) is 0 Å². The second-order valence-electron chi connectivity index (χ2n) is 7.31. The topological polar surface area (TPSA) is 55.1 Å². The van der Waals surface area contributed by atoms with Crippen LogP contribution in [0.15, 0.2) is 24.3 Å². The Morgan fingerprint density at radius 3 is 2.40 bits per heavy atom. The number of amides is 1. The first-order chi connectivity index (χ1) is 9.13. The second-order valence-corrected chi connectivity index (χ2v) is 7.31. The summed E-state index contributed by atoms with van der Waals surface area (Å²) in [7, 11) is 0. The Morgan fingerprint density at radius 2 is 1.85 bits per heavy atom. The van der Waals surface area contributed by atoms with Crippen LogP contribution in [-0.4, -0.2) is 18.0 Å². The largest absolute Gasteiger partial charge is 0.347 e. The normalized spacial score (nSPS) is 12.3. The molecule has 0 spiro atoms. The minimum absolute atomic E-state index is 0.0156. The van der Waals surface area contributed by atoms with E-state index in [2.05, 4.69) is 39.9 Å². The van der Waals surface area contributed by atoms with Crippen molar-refractivity contribution >= 4 is 5.91 Å². The Bertz CT molecular complexity index is 458. The molecule has 0 bridgehead atoms. The van der Waals surface area contributed by atoms with Crippen molar-refractivity contribution in [3.05, 3.63) is 35.4 Å². The molecule has 0 aliphatic heterocycles. The smallest absolute Gasteiger partial charge is 0.251 e. The van der Waals surface area contributed by atoms with Gasteiger partial charge in [0.15, 0.2) is 0 Å². The van der Waals surface area contributed by atoms with Crippen LogP contribution < -0.4 is 11.1 Å². The Balaban J connectivity index is 2.78. The molecule has 0 unspecified atom stereocenters. The van der Waals surface area contributed by atoms with E-state index in [1.807, 2.05) is 24.3 Å². The lowest BCUT2D eigenvalue weighted by molar-refractivity contribution is 0.0891. The van der Waals surface area contributed by atoms with E-state index in [0.29, 0.717) is 12.1 Å². The van der Waals surface area contributed by atoms with Crippen LogP contribution in [0.25, 0.3) is 0 Å². The van der Waals surface area contributed by atoms with E-state index in [4.69, 9.17) is 5.73 Å². The van der Waals surface area contributed by atoms with Crippen LogP contribution in [0.2, 0.25) is 0 Å². The van der Waals surface area contributed by atoms with Crippen molar-refractivity contribution < 1.29 is 4.79 Å². The number of hydrogen-bond acceptors (Lipinski definition) is 2. The van der Waals surface area contributed by atoms with Gasteiger partial charge in [0, 0.05) is 11.1 Å². The van der Waals surface area contributed by atoms with Crippen molar-refractivity contribution in [3.8, 4) is 0 Å². The first kappa shape index (κ1) is 16.7. The maximum Gasteiger partial charge on any atom is 0.251 e. The van der Waals surface area contributed by atoms with Crippen molar-refractivity contribution in [2.45, 2.75) is 53.0 Å². The molecule has 3 nitrogen and oxygen atoms in total. The molecule has 0 aliphatic carbocycles. The molecular formula is C17H28N2O. The van der Waals surface area contributed by atoms with Gasteiger partial charge < -0.3 is 11.1 Å². The summed E-state index contributed by atoms with van der Waals surface area (Å²) in [6, 6.07) is 7.69. The Morgan fingerprint density at radius 1 is 1.20 bits per heavy atom. The molecule has 1 aromatic carbocycles. The number of nitrogens with one attached hydrogen (secondary N) is 1. The standard InChI is InChI=1S/C17H28N2O/c1-16(2,3)12-17(4,5)19-15(20)14-8-6-7-13(11-14)9-10-18/h6-8,11H,9-10,12,18H2,1-5H3,(H,19,20). The van der Waals surface area contributed by atoms with Gasteiger partial charge in [-0.05, 0) is 56.3 Å². The molecule has 0 atom stereocenters. The monoisotopic (exact) mass is 276 g/mol. The van der Waals surface area contributed by atoms with Gasteiger partial charge in [0.05, 0.1) is 0 Å². The highest BCUT2D eigenvalue weighted by Crippen LogP contribution is 2.27. The number of rotatable bonds is 5. The fraction of sp³-hybridized carbons (Fsp3) is 0.588. The molecule has 0 aromatic heterocycles. The minimum atomic E-state index is -0.223. The summed E-state index contributed by atoms with van der Waals surface area (Å²) in [5.41, 5.74) is 7.32. The van der Waals surface area contributed by atoms with E-state index in [1.54, 1.807) is 0 Å². The maximum absolute atomic E-state index is 12.4. The van der Waals surface area contributed by atoms with Gasteiger partial charge in [-0.1, -0.05) is 32.9 Å². The van der Waals surface area contributed by atoms with Crippen LogP contribution in [0.3, 0.4) is 0 Å². The zero-order valence-corrected chi connectivity index (χ0v) is 13.4. The van der Waals surface area contributed by atoms with Crippen LogP contribution in [0, 0.1) is 5.41 Å². The van der Waals surface area contributed by atoms with Crippen molar-refractivity contribution in [2.75, 3.05) is 6.54 Å². The average Bonchev–Trinajstić information content (AvgIpc) is 2.25. The Hall–Kier alpha value is -1.35. The van der Waals surface area contributed by atoms with Gasteiger partial charge in [-0.15, -0.1) is 0 Å². The molecule has 0 saturated carbocycles. The lowest BCUT2D eigenvalue weighted by Crippen LogP contribution is -2.45. The predicted octanol–water partition coefficient (Wildman–Crippen LogP) is 3.13. The molecule has 0 saturated heterocycles. The SMILES string of the molecule is CC(C)(C)CC(C)(C)NC(=O)c1cccc(CCN)c1. The predicted molar refractivity (Wildman–Crippen MR) is 84.8 cm³/mol. The van der Waals surface area contributed by atoms with E-state index in [9.17, 15) is 4.79 Å². The summed E-state index contributed by atoms with van der Waals surface area (Å²) in [6.07, 6.45) is 1.72. The van der Waals surface area contributed by atoms with Gasteiger partial charge in [-0.25, -0.2) is 0 Å². The third-order valence-electron chi connectivity index (χ3n) is 3.05. The molecule has 1 aromatic rings. The second kappa shape index (κ2) is 6.40. The van der Waals surface area contributed by atoms with Crippen molar-refractivity contribution in [3.63, 3.8) is 0 Å². The molecule has 3 heteroatoms. The van der Waals surface area contributed by atoms with Crippen LogP contribution in [-0.2, 0) is 6.42 Å². The van der Waals surface area contributed by atoms with Crippen molar-refractivity contribution in [1.29, 1.82) is 0 Å². The summed E-state index contributed by atoms with van der Waals surface area (Å²) in [5, 5.41) is 3.13. The van der Waals surface area contributed by atoms with Gasteiger partial charge in [-0.3, -0.25) is 4.79 Å². The lowest BCUT2D eigenvalue weighted by atomic mass is 9.81. The van der Waals surface area contributed by atoms with E-state index in [-0.39, 0.29) is 16.9 Å². The third-order valence-corrected chi connectivity index (χ3v) is 3.05. The summed E-state index contributed by atoms with van der Waals surface area (Å²) < 4.78 is 0. The van der Waals surface area contributed by atoms with E-state index in [0.717, 1.165) is 18.4 Å². The van der Waals surface area contributed by atoms with E-state index < -0.39 is 0 Å². The number of benzene rings is 1. The number of carbonyl (C=O) groups is 1. The molecule has 0 aliphatic rings. The van der Waals surface area contributed by atoms with Crippen molar-refractivity contribution in [2.24, 2.45) is 11.1 Å². The zero-order valence-electron chi connectivity index (χ0n) is 13.4. The highest BCUT2D eigenvalue weighted by molar-refractivity contribution is 5.94. The fourth-order valence-corrected chi connectivity index (χ4v) is 2.78. The quantitative estimate of drug-likeness (QED) is 0.868. The number of nitrogens with two attached hydrogens (primary N) is 1. The van der Waals surface area contributed by atoms with Crippen LogP contribution in [0.5, 0.6) is 0 Å². The molecule has 112 valence electrons. The van der Waals surface area contributed by atoms with Gasteiger partial charge in [0.1, 0.15) is 0 Å². The van der Waals surface area contributed by atoms with Crippen molar-refractivity contribution in [1.82, 2.24) is 5.32 Å². The summed E-state index contributed by atoms with van der Waals surface area (Å²) in [6.45, 7) is 11.3. The zero-order chi connectivity index (χ0) is 15.4. The molecule has 1 amide bonds. The number of carbonyl (C=O) groups excluding carboxylic acids is 1. The number of hydrogen-bond donors (Lipinski definition) is 2. The van der Waals surface area contributed by atoms with Gasteiger partial charge in [-0.2, -0.15) is 0 Å². The molecule has 0 heterocycles. The first-order valence-corrected chi connectivity index (χ1v) is 7.24. The fourth-order valence-electron chi connectivity index (χ4n) is 2.78. The summed E-state index contributed by atoms with van der Waals surface area (Å²) >= 11 is 0. The maximum atomic E-state index is 12.4. The molecule has 1 rings (SSSR count). The Labute approximate surface area is 122 Å². The van der Waals surface area contributed by atoms with Gasteiger partial charge in [0.25, 0.3) is 5.91 Å². The highest BCUT2D eigenvalue weighted by Gasteiger charge is 2.27. The average molecular weight is 276 g/mol. The molecule has 3 N–H and O–H groups in total. The van der Waals surface area contributed by atoms with Crippen LogP contribution in [0.1, 0.15) is 57.0 Å². The van der Waals surface area contributed by atoms with E-state index in [1.165, 1.54) is 0 Å². The molecule has 0 fully saturated rings. The summed E-state index contributed by atoms with van der Waals surface area (Å²) in [5.74, 6) is -0.0156. The van der Waals surface area contributed by atoms with Gasteiger partial charge >= 0.3 is 0 Å². The van der Waals surface area contributed by atoms with E-state index >= 15 is 0 Å². The van der Waals surface area contributed by atoms with Crippen LogP contribution >= 0.6 is 0 Å². The third kappa shape index (κ3) is 5.74. The molecule has 0 radical (unpaired) electrons. The summed E-state index contributed by atoms with van der Waals surface area (Å²) in [4.78, 5) is 12.4. The highest BCUT2D eigenvalue weighted by atomic mass is 16.1. The molecular weight excluding hydrogens is 248 g/mol. The minimum Gasteiger partial charge on any atom is -0.347 e. The molecule has 20 heavy (non-hydrogen) atoms. The first-order valence-electron chi connectivity index (χ1n) is 7.24. The lowest BCUT2D eigenvalue weighted by Gasteiger charge is -2.33. The van der Waals surface area contributed by atoms with Crippen LogP contribution in [0.4, 0.5) is 0 Å². The Kier molecular flexibility index (Phi) is 5.35.